The Morgan fingerprint density at radius 2 is 1.90 bits per heavy atom. The lowest BCUT2D eigenvalue weighted by atomic mass is 10.1. The Morgan fingerprint density at radius 1 is 1.29 bits per heavy atom. The van der Waals surface area contributed by atoms with Crippen LogP contribution in [0.25, 0.3) is 0 Å². The maximum Gasteiger partial charge on any atom is 0.274 e. The number of anilines is 1. The van der Waals surface area contributed by atoms with Crippen LogP contribution in [0.2, 0.25) is 0 Å². The van der Waals surface area contributed by atoms with Gasteiger partial charge in [0.15, 0.2) is 0 Å². The van der Waals surface area contributed by atoms with Gasteiger partial charge in [-0.3, -0.25) is 24.6 Å². The number of carbonyl (C=O) groups is 2. The van der Waals surface area contributed by atoms with Gasteiger partial charge in [-0.15, -0.1) is 0 Å². The van der Waals surface area contributed by atoms with E-state index in [0.29, 0.717) is 11.3 Å². The number of nitro benzene ring substituents is 1. The van der Waals surface area contributed by atoms with Crippen LogP contribution in [0.5, 0.6) is 0 Å². The Kier molecular flexibility index (Phi) is 5.79. The van der Waals surface area contributed by atoms with E-state index in [1.807, 2.05) is 0 Å². The van der Waals surface area contributed by atoms with Crippen molar-refractivity contribution in [1.29, 1.82) is 0 Å². The Labute approximate surface area is 122 Å². The maximum atomic E-state index is 11.9. The number of rotatable bonds is 6. The number of hydrogen-bond acceptors (Lipinski definition) is 5. The van der Waals surface area contributed by atoms with E-state index in [0.717, 1.165) is 0 Å². The first-order chi connectivity index (χ1) is 9.85. The molecule has 0 unspecified atom stereocenters. The highest BCUT2D eigenvalue weighted by Gasteiger charge is 2.16. The number of carbonyl (C=O) groups excluding carboxylic acids is 2. The molecule has 0 aromatic heterocycles. The minimum atomic E-state index is -0.497. The van der Waals surface area contributed by atoms with E-state index in [9.17, 15) is 19.7 Å². The van der Waals surface area contributed by atoms with E-state index >= 15 is 0 Å². The number of hydrogen-bond donors (Lipinski definition) is 2. The summed E-state index contributed by atoms with van der Waals surface area (Å²) in [6.45, 7) is 1.68. The molecule has 0 aliphatic heterocycles. The van der Waals surface area contributed by atoms with Crippen molar-refractivity contribution in [3.05, 3.63) is 33.9 Å². The number of nitrogens with one attached hydrogen (secondary N) is 2. The zero-order valence-corrected chi connectivity index (χ0v) is 12.2. The summed E-state index contributed by atoms with van der Waals surface area (Å²) in [5, 5.41) is 15.9. The molecule has 0 aliphatic rings. The van der Waals surface area contributed by atoms with Crippen LogP contribution in [0.15, 0.2) is 18.2 Å². The van der Waals surface area contributed by atoms with E-state index in [2.05, 4.69) is 10.6 Å². The number of nitrogens with zero attached hydrogens (tertiary/aromatic N) is 2. The van der Waals surface area contributed by atoms with Crippen LogP contribution in [-0.2, 0) is 9.59 Å². The lowest BCUT2D eigenvalue weighted by Gasteiger charge is -2.15. The number of benzene rings is 1. The summed E-state index contributed by atoms with van der Waals surface area (Å²) in [6.07, 6.45) is 0. The van der Waals surface area contributed by atoms with Crippen molar-refractivity contribution in [1.82, 2.24) is 10.2 Å². The van der Waals surface area contributed by atoms with Crippen molar-refractivity contribution in [3.8, 4) is 0 Å². The molecule has 8 heteroatoms. The molecule has 0 radical (unpaired) electrons. The van der Waals surface area contributed by atoms with Gasteiger partial charge >= 0.3 is 0 Å². The fraction of sp³-hybridized carbons (Fsp3) is 0.385. The van der Waals surface area contributed by atoms with Gasteiger partial charge in [0.2, 0.25) is 11.8 Å². The van der Waals surface area contributed by atoms with Crippen molar-refractivity contribution in [2.45, 2.75) is 6.92 Å². The molecule has 2 amide bonds. The molecule has 0 spiro atoms. The summed E-state index contributed by atoms with van der Waals surface area (Å²) >= 11 is 0. The van der Waals surface area contributed by atoms with Gasteiger partial charge in [-0.1, -0.05) is 6.07 Å². The maximum absolute atomic E-state index is 11.9. The highest BCUT2D eigenvalue weighted by atomic mass is 16.6. The highest BCUT2D eigenvalue weighted by molar-refractivity contribution is 5.93. The summed E-state index contributed by atoms with van der Waals surface area (Å²) < 4.78 is 0. The van der Waals surface area contributed by atoms with Crippen molar-refractivity contribution in [2.75, 3.05) is 32.5 Å². The molecule has 0 saturated heterocycles. The van der Waals surface area contributed by atoms with Gasteiger partial charge < -0.3 is 10.6 Å². The Hall–Kier alpha value is -2.48. The molecule has 8 nitrogen and oxygen atoms in total. The average Bonchev–Trinajstić information content (AvgIpc) is 2.40. The molecular weight excluding hydrogens is 276 g/mol. The minimum absolute atomic E-state index is 0.00948. The van der Waals surface area contributed by atoms with Crippen LogP contribution >= 0.6 is 0 Å². The minimum Gasteiger partial charge on any atom is -0.358 e. The number of likely N-dealkylation sites (N-methyl/N-ethyl adjacent to an activating group) is 2. The van der Waals surface area contributed by atoms with Crippen LogP contribution in [0.3, 0.4) is 0 Å². The summed E-state index contributed by atoms with van der Waals surface area (Å²) in [7, 11) is 3.15. The molecule has 1 aromatic rings. The SMILES string of the molecule is CNC(=O)CN(C)CC(=O)Nc1cccc([N+](=O)[O-])c1C. The molecule has 0 aliphatic carbocycles. The first-order valence-electron chi connectivity index (χ1n) is 6.28. The smallest absolute Gasteiger partial charge is 0.274 e. The molecule has 1 rings (SSSR count). The molecule has 0 atom stereocenters. The zero-order valence-electron chi connectivity index (χ0n) is 12.2. The van der Waals surface area contributed by atoms with E-state index in [-0.39, 0.29) is 30.6 Å². The fourth-order valence-corrected chi connectivity index (χ4v) is 1.77. The molecule has 0 saturated carbocycles. The van der Waals surface area contributed by atoms with Crippen LogP contribution in [-0.4, -0.2) is 48.8 Å². The number of amides is 2. The average molecular weight is 294 g/mol. The summed E-state index contributed by atoms with van der Waals surface area (Å²) in [5.74, 6) is -0.540. The second kappa shape index (κ2) is 7.34. The predicted octanol–water partition coefficient (Wildman–Crippen LogP) is 0.520. The molecular formula is C13H18N4O4. The molecule has 2 N–H and O–H groups in total. The van der Waals surface area contributed by atoms with Gasteiger partial charge in [-0.2, -0.15) is 0 Å². The molecule has 0 fully saturated rings. The first kappa shape index (κ1) is 16.6. The van der Waals surface area contributed by atoms with Crippen LogP contribution in [0, 0.1) is 17.0 Å². The monoisotopic (exact) mass is 294 g/mol. The zero-order chi connectivity index (χ0) is 16.0. The number of nitro groups is 1. The third kappa shape index (κ3) is 4.84. The molecule has 21 heavy (non-hydrogen) atoms. The van der Waals surface area contributed by atoms with Crippen molar-refractivity contribution < 1.29 is 14.5 Å². The molecule has 0 heterocycles. The quantitative estimate of drug-likeness (QED) is 0.588. The standard InChI is InChI=1S/C13H18N4O4/c1-9-10(5-4-6-11(9)17(20)21)15-13(19)8-16(3)7-12(18)14-2/h4-6H,7-8H2,1-3H3,(H,14,18)(H,15,19). The Bertz CT molecular complexity index is 559. The van der Waals surface area contributed by atoms with E-state index < -0.39 is 4.92 Å². The fourth-order valence-electron chi connectivity index (χ4n) is 1.77. The van der Waals surface area contributed by atoms with Gasteiger partial charge in [0, 0.05) is 13.1 Å². The van der Waals surface area contributed by atoms with Crippen molar-refractivity contribution in [3.63, 3.8) is 0 Å². The lowest BCUT2D eigenvalue weighted by molar-refractivity contribution is -0.385. The summed E-state index contributed by atoms with van der Waals surface area (Å²) in [6, 6.07) is 4.48. The lowest BCUT2D eigenvalue weighted by Crippen LogP contribution is -2.37. The Balaban J connectivity index is 2.69. The van der Waals surface area contributed by atoms with Crippen LogP contribution < -0.4 is 10.6 Å². The highest BCUT2D eigenvalue weighted by Crippen LogP contribution is 2.24. The molecule has 0 bridgehead atoms. The third-order valence-electron chi connectivity index (χ3n) is 2.88. The van der Waals surface area contributed by atoms with Crippen LogP contribution in [0.1, 0.15) is 5.56 Å². The van der Waals surface area contributed by atoms with Crippen molar-refractivity contribution in [2.24, 2.45) is 0 Å². The normalized spacial score (nSPS) is 10.3. The van der Waals surface area contributed by atoms with Gasteiger partial charge in [0.05, 0.1) is 29.3 Å². The van der Waals surface area contributed by atoms with E-state index in [1.165, 1.54) is 19.2 Å². The summed E-state index contributed by atoms with van der Waals surface area (Å²) in [5.41, 5.74) is 0.735. The van der Waals surface area contributed by atoms with E-state index in [4.69, 9.17) is 0 Å². The Morgan fingerprint density at radius 3 is 2.48 bits per heavy atom. The predicted molar refractivity (Wildman–Crippen MR) is 78.0 cm³/mol. The van der Waals surface area contributed by atoms with Gasteiger partial charge in [0.25, 0.3) is 5.69 Å². The van der Waals surface area contributed by atoms with Crippen molar-refractivity contribution >= 4 is 23.2 Å². The van der Waals surface area contributed by atoms with E-state index in [1.54, 1.807) is 24.9 Å². The third-order valence-corrected chi connectivity index (χ3v) is 2.88. The van der Waals surface area contributed by atoms with Gasteiger partial charge in [0.1, 0.15) is 0 Å². The van der Waals surface area contributed by atoms with Gasteiger partial charge in [-0.05, 0) is 20.0 Å². The first-order valence-corrected chi connectivity index (χ1v) is 6.28. The van der Waals surface area contributed by atoms with Gasteiger partial charge in [-0.25, -0.2) is 0 Å². The second-order valence-electron chi connectivity index (χ2n) is 4.60. The molecule has 1 aromatic carbocycles. The molecule has 114 valence electrons. The largest absolute Gasteiger partial charge is 0.358 e. The van der Waals surface area contributed by atoms with Crippen LogP contribution in [0.4, 0.5) is 11.4 Å². The summed E-state index contributed by atoms with van der Waals surface area (Å²) in [4.78, 5) is 34.9. The second-order valence-corrected chi connectivity index (χ2v) is 4.60. The topological polar surface area (TPSA) is 105 Å².